The van der Waals surface area contributed by atoms with Crippen molar-refractivity contribution in [1.29, 1.82) is 0 Å². The number of nitrogens with zero attached hydrogens (tertiary/aromatic N) is 1. The molecule has 0 radical (unpaired) electrons. The molecule has 0 aromatic heterocycles. The number of hydrogen-bond acceptors (Lipinski definition) is 1. The standard InChI is InChI=1S/C12H22NPS/c1-9(2)13(10(3)4)14(15)7-11(5)12(6)8-14/h7-10H,1-6H3. The van der Waals surface area contributed by atoms with E-state index in [2.05, 4.69) is 57.8 Å². The zero-order valence-electron chi connectivity index (χ0n) is 10.6. The van der Waals surface area contributed by atoms with Gasteiger partial charge >= 0.3 is 0 Å². The summed E-state index contributed by atoms with van der Waals surface area (Å²) in [7, 11) is 0. The summed E-state index contributed by atoms with van der Waals surface area (Å²) in [6.07, 6.45) is -1.56. The minimum atomic E-state index is -1.56. The van der Waals surface area contributed by atoms with E-state index in [9.17, 15) is 0 Å². The molecule has 0 saturated heterocycles. The summed E-state index contributed by atoms with van der Waals surface area (Å²) in [6.45, 7) is 13.3. The van der Waals surface area contributed by atoms with Crippen molar-refractivity contribution in [1.82, 2.24) is 4.67 Å². The minimum absolute atomic E-state index is 0.516. The van der Waals surface area contributed by atoms with Crippen LogP contribution in [-0.4, -0.2) is 16.8 Å². The molecule has 0 spiro atoms. The Labute approximate surface area is 99.3 Å². The van der Waals surface area contributed by atoms with Crippen LogP contribution in [0.5, 0.6) is 0 Å². The minimum Gasteiger partial charge on any atom is -0.264 e. The van der Waals surface area contributed by atoms with Crippen molar-refractivity contribution in [2.45, 2.75) is 53.6 Å². The van der Waals surface area contributed by atoms with Crippen LogP contribution in [-0.2, 0) is 11.8 Å². The van der Waals surface area contributed by atoms with Crippen LogP contribution < -0.4 is 0 Å². The van der Waals surface area contributed by atoms with Crippen LogP contribution in [0.15, 0.2) is 22.8 Å². The second-order valence-corrected chi connectivity index (χ2v) is 8.94. The van der Waals surface area contributed by atoms with E-state index in [-0.39, 0.29) is 0 Å². The summed E-state index contributed by atoms with van der Waals surface area (Å²) >= 11 is 5.88. The Bertz CT molecular complexity index is 323. The lowest BCUT2D eigenvalue weighted by atomic mass is 10.2. The number of hydrogen-bond donors (Lipinski definition) is 0. The molecule has 1 aliphatic rings. The maximum absolute atomic E-state index is 5.88. The maximum atomic E-state index is 5.88. The SMILES string of the molecule is CC1=CP(=S)(N(C(C)C)C(C)C)C=C1C. The highest BCUT2D eigenvalue weighted by molar-refractivity contribution is 8.16. The first-order valence-electron chi connectivity index (χ1n) is 5.55. The molecule has 3 heteroatoms. The summed E-state index contributed by atoms with van der Waals surface area (Å²) in [6, 6.07) is 1.03. The Morgan fingerprint density at radius 2 is 1.33 bits per heavy atom. The first-order valence-corrected chi connectivity index (χ1v) is 8.45. The van der Waals surface area contributed by atoms with Crippen LogP contribution in [0.25, 0.3) is 0 Å². The summed E-state index contributed by atoms with van der Waals surface area (Å²) in [5.41, 5.74) is 2.73. The summed E-state index contributed by atoms with van der Waals surface area (Å²) in [4.78, 5) is 0. The highest BCUT2D eigenvalue weighted by Crippen LogP contribution is 2.60. The van der Waals surface area contributed by atoms with E-state index >= 15 is 0 Å². The second-order valence-electron chi connectivity index (χ2n) is 4.86. The normalized spacial score (nSPS) is 20.1. The number of rotatable bonds is 3. The maximum Gasteiger partial charge on any atom is 0.0580 e. The molecule has 0 atom stereocenters. The van der Waals surface area contributed by atoms with E-state index in [4.69, 9.17) is 11.8 Å². The van der Waals surface area contributed by atoms with E-state index in [0.717, 1.165) is 0 Å². The molecule has 0 aliphatic carbocycles. The van der Waals surface area contributed by atoms with Gasteiger partial charge in [-0.3, -0.25) is 4.67 Å². The molecule has 0 aromatic carbocycles. The predicted octanol–water partition coefficient (Wildman–Crippen LogP) is 4.32. The Kier molecular flexibility index (Phi) is 3.97. The van der Waals surface area contributed by atoms with Gasteiger partial charge in [0.25, 0.3) is 0 Å². The molecular weight excluding hydrogens is 221 g/mol. The fraction of sp³-hybridized carbons (Fsp3) is 0.667. The van der Waals surface area contributed by atoms with Crippen molar-refractivity contribution in [2.75, 3.05) is 0 Å². The molecule has 0 fully saturated rings. The summed E-state index contributed by atoms with van der Waals surface area (Å²) in [5, 5.41) is 0. The van der Waals surface area contributed by atoms with Gasteiger partial charge in [-0.2, -0.15) is 0 Å². The Morgan fingerprint density at radius 1 is 1.00 bits per heavy atom. The Balaban J connectivity index is 3.12. The van der Waals surface area contributed by atoms with Crippen LogP contribution in [0, 0.1) is 0 Å². The third kappa shape index (κ3) is 2.61. The molecular formula is C12H22NPS. The molecule has 0 N–H and O–H groups in total. The number of allylic oxidation sites excluding steroid dienone is 2. The van der Waals surface area contributed by atoms with Crippen molar-refractivity contribution >= 4 is 18.0 Å². The quantitative estimate of drug-likeness (QED) is 0.679. The highest BCUT2D eigenvalue weighted by Gasteiger charge is 2.29. The molecule has 15 heavy (non-hydrogen) atoms. The largest absolute Gasteiger partial charge is 0.264 e. The van der Waals surface area contributed by atoms with Gasteiger partial charge < -0.3 is 0 Å². The van der Waals surface area contributed by atoms with Crippen LogP contribution in [0.1, 0.15) is 41.5 Å². The first-order chi connectivity index (χ1) is 6.78. The zero-order chi connectivity index (χ0) is 11.8. The topological polar surface area (TPSA) is 3.24 Å². The molecule has 0 saturated carbocycles. The molecule has 1 aliphatic heterocycles. The van der Waals surface area contributed by atoms with E-state index < -0.39 is 6.19 Å². The average Bonchev–Trinajstić information content (AvgIpc) is 2.23. The van der Waals surface area contributed by atoms with Gasteiger partial charge in [-0.1, -0.05) is 11.8 Å². The molecule has 1 nitrogen and oxygen atoms in total. The van der Waals surface area contributed by atoms with E-state index in [1.54, 1.807) is 0 Å². The fourth-order valence-electron chi connectivity index (χ4n) is 2.25. The first kappa shape index (κ1) is 13.2. The van der Waals surface area contributed by atoms with Crippen molar-refractivity contribution in [2.24, 2.45) is 0 Å². The van der Waals surface area contributed by atoms with Gasteiger partial charge in [-0.05, 0) is 64.3 Å². The summed E-state index contributed by atoms with van der Waals surface area (Å²) < 4.78 is 2.49. The van der Waals surface area contributed by atoms with E-state index in [1.165, 1.54) is 11.1 Å². The lowest BCUT2D eigenvalue weighted by molar-refractivity contribution is 0.326. The lowest BCUT2D eigenvalue weighted by Gasteiger charge is -2.36. The van der Waals surface area contributed by atoms with E-state index in [1.807, 2.05) is 0 Å². The summed E-state index contributed by atoms with van der Waals surface area (Å²) in [5.74, 6) is 4.63. The molecule has 1 rings (SSSR count). The van der Waals surface area contributed by atoms with Gasteiger partial charge in [0, 0.05) is 12.1 Å². The van der Waals surface area contributed by atoms with Crippen molar-refractivity contribution in [3.63, 3.8) is 0 Å². The predicted molar refractivity (Wildman–Crippen MR) is 73.9 cm³/mol. The van der Waals surface area contributed by atoms with Crippen LogP contribution in [0.4, 0.5) is 0 Å². The smallest absolute Gasteiger partial charge is 0.0580 e. The van der Waals surface area contributed by atoms with Gasteiger partial charge in [-0.25, -0.2) is 0 Å². The molecule has 0 bridgehead atoms. The Hall–Kier alpha value is 0.0900. The van der Waals surface area contributed by atoms with E-state index in [0.29, 0.717) is 12.1 Å². The van der Waals surface area contributed by atoms with Crippen molar-refractivity contribution in [3.8, 4) is 0 Å². The van der Waals surface area contributed by atoms with Gasteiger partial charge in [0.1, 0.15) is 0 Å². The third-order valence-corrected chi connectivity index (χ3v) is 7.16. The molecule has 0 unspecified atom stereocenters. The lowest BCUT2D eigenvalue weighted by Crippen LogP contribution is -2.32. The van der Waals surface area contributed by atoms with Gasteiger partial charge in [0.2, 0.25) is 0 Å². The zero-order valence-corrected chi connectivity index (χ0v) is 12.3. The molecule has 0 amide bonds. The van der Waals surface area contributed by atoms with Crippen molar-refractivity contribution < 1.29 is 0 Å². The molecule has 1 heterocycles. The van der Waals surface area contributed by atoms with Gasteiger partial charge in [0.15, 0.2) is 0 Å². The Morgan fingerprint density at radius 3 is 1.60 bits per heavy atom. The highest BCUT2D eigenvalue weighted by atomic mass is 32.4. The van der Waals surface area contributed by atoms with Crippen LogP contribution >= 0.6 is 6.19 Å². The average molecular weight is 243 g/mol. The van der Waals surface area contributed by atoms with Gasteiger partial charge in [-0.15, -0.1) is 0 Å². The monoisotopic (exact) mass is 243 g/mol. The second kappa shape index (κ2) is 4.53. The molecule has 86 valence electrons. The third-order valence-electron chi connectivity index (χ3n) is 2.80. The van der Waals surface area contributed by atoms with Crippen LogP contribution in [0.3, 0.4) is 0 Å². The van der Waals surface area contributed by atoms with Crippen LogP contribution in [0.2, 0.25) is 0 Å². The fourth-order valence-corrected chi connectivity index (χ4v) is 7.63. The van der Waals surface area contributed by atoms with Crippen molar-refractivity contribution in [3.05, 3.63) is 22.8 Å². The van der Waals surface area contributed by atoms with Gasteiger partial charge in [0.05, 0.1) is 6.19 Å². The molecule has 0 aromatic rings.